The van der Waals surface area contributed by atoms with Crippen LogP contribution >= 0.6 is 0 Å². The molecule has 0 saturated carbocycles. The van der Waals surface area contributed by atoms with Crippen LogP contribution in [0.2, 0.25) is 0 Å². The molecule has 0 N–H and O–H groups in total. The van der Waals surface area contributed by atoms with Crippen molar-refractivity contribution in [1.29, 1.82) is 0 Å². The maximum Gasteiger partial charge on any atom is 0.124 e. The molecular formula is C18H17NO. The quantitative estimate of drug-likeness (QED) is 0.821. The van der Waals surface area contributed by atoms with Gasteiger partial charge in [0.2, 0.25) is 0 Å². The van der Waals surface area contributed by atoms with E-state index in [4.69, 9.17) is 9.73 Å². The smallest absolute Gasteiger partial charge is 0.124 e. The average Bonchev–Trinajstić information content (AvgIpc) is 2.92. The van der Waals surface area contributed by atoms with Gasteiger partial charge in [0, 0.05) is 5.56 Å². The Labute approximate surface area is 119 Å². The molecule has 0 radical (unpaired) electrons. The first-order valence-corrected chi connectivity index (χ1v) is 6.71. The van der Waals surface area contributed by atoms with Gasteiger partial charge in [-0.15, -0.1) is 0 Å². The third-order valence-electron chi connectivity index (χ3n) is 3.64. The molecule has 2 nitrogen and oxygen atoms in total. The minimum atomic E-state index is -0.363. The van der Waals surface area contributed by atoms with Crippen molar-refractivity contribution >= 4 is 5.71 Å². The van der Waals surface area contributed by atoms with Crippen molar-refractivity contribution in [3.05, 3.63) is 77.9 Å². The minimum absolute atomic E-state index is 0.363. The van der Waals surface area contributed by atoms with E-state index in [0.717, 1.165) is 22.6 Å². The summed E-state index contributed by atoms with van der Waals surface area (Å²) in [7, 11) is 1.70. The molecule has 3 rings (SSSR count). The number of aliphatic imine (C=N–C) groups is 1. The summed E-state index contributed by atoms with van der Waals surface area (Å²) in [6, 6.07) is 18.3. The van der Waals surface area contributed by atoms with Crippen LogP contribution in [0.15, 0.2) is 71.7 Å². The fourth-order valence-corrected chi connectivity index (χ4v) is 2.55. The van der Waals surface area contributed by atoms with E-state index in [1.165, 1.54) is 0 Å². The van der Waals surface area contributed by atoms with E-state index < -0.39 is 0 Å². The topological polar surface area (TPSA) is 21.6 Å². The molecule has 0 spiro atoms. The number of benzene rings is 2. The van der Waals surface area contributed by atoms with Gasteiger partial charge in [-0.25, -0.2) is 0 Å². The van der Waals surface area contributed by atoms with Crippen LogP contribution in [0.25, 0.3) is 0 Å². The summed E-state index contributed by atoms with van der Waals surface area (Å²) in [5.41, 5.74) is 2.88. The Kier molecular flexibility index (Phi) is 3.15. The van der Waals surface area contributed by atoms with Gasteiger partial charge in [-0.1, -0.05) is 54.6 Å². The molecule has 2 aromatic rings. The van der Waals surface area contributed by atoms with Crippen LogP contribution in [0.5, 0.6) is 5.75 Å². The summed E-state index contributed by atoms with van der Waals surface area (Å²) in [5, 5.41) is 0. The molecule has 0 aromatic heterocycles. The van der Waals surface area contributed by atoms with Gasteiger partial charge in [0.25, 0.3) is 0 Å². The second-order valence-electron chi connectivity index (χ2n) is 5.04. The maximum absolute atomic E-state index is 5.46. The van der Waals surface area contributed by atoms with Crippen LogP contribution < -0.4 is 4.74 Å². The van der Waals surface area contributed by atoms with E-state index >= 15 is 0 Å². The largest absolute Gasteiger partial charge is 0.496 e. The third kappa shape index (κ3) is 2.14. The van der Waals surface area contributed by atoms with Crippen LogP contribution in [-0.2, 0) is 5.54 Å². The Bertz CT molecular complexity index is 673. The maximum atomic E-state index is 5.46. The zero-order valence-corrected chi connectivity index (χ0v) is 11.7. The number of methoxy groups -OCH3 is 1. The number of hydrogen-bond donors (Lipinski definition) is 0. The first-order chi connectivity index (χ1) is 9.73. The lowest BCUT2D eigenvalue weighted by Gasteiger charge is -2.21. The van der Waals surface area contributed by atoms with E-state index in [1.54, 1.807) is 7.11 Å². The molecule has 1 atom stereocenters. The van der Waals surface area contributed by atoms with Crippen molar-refractivity contribution in [2.75, 3.05) is 7.11 Å². The van der Waals surface area contributed by atoms with Gasteiger partial charge in [-0.3, -0.25) is 4.99 Å². The lowest BCUT2D eigenvalue weighted by molar-refractivity contribution is 0.401. The number of hydrogen-bond acceptors (Lipinski definition) is 2. The fourth-order valence-electron chi connectivity index (χ4n) is 2.55. The minimum Gasteiger partial charge on any atom is -0.496 e. The zero-order chi connectivity index (χ0) is 14.0. The Hall–Kier alpha value is -2.35. The Morgan fingerprint density at radius 3 is 2.40 bits per heavy atom. The normalized spacial score (nSPS) is 20.8. The average molecular weight is 263 g/mol. The first kappa shape index (κ1) is 12.7. The van der Waals surface area contributed by atoms with Gasteiger partial charge >= 0.3 is 0 Å². The Balaban J connectivity index is 2.03. The van der Waals surface area contributed by atoms with E-state index in [2.05, 4.69) is 37.3 Å². The molecule has 0 aliphatic carbocycles. The summed E-state index contributed by atoms with van der Waals surface area (Å²) in [4.78, 5) is 4.89. The van der Waals surface area contributed by atoms with E-state index in [-0.39, 0.29) is 5.54 Å². The molecule has 0 amide bonds. The summed E-state index contributed by atoms with van der Waals surface area (Å²) < 4.78 is 5.46. The molecule has 2 aromatic carbocycles. The van der Waals surface area contributed by atoms with Crippen LogP contribution in [-0.4, -0.2) is 12.8 Å². The van der Waals surface area contributed by atoms with Crippen molar-refractivity contribution in [1.82, 2.24) is 0 Å². The number of ether oxygens (including phenoxy) is 1. The first-order valence-electron chi connectivity index (χ1n) is 6.71. The lowest BCUT2D eigenvalue weighted by Crippen LogP contribution is -2.15. The number of para-hydroxylation sites is 1. The van der Waals surface area contributed by atoms with E-state index in [1.807, 2.05) is 36.4 Å². The molecule has 0 bridgehead atoms. The molecule has 2 heteroatoms. The highest BCUT2D eigenvalue weighted by Crippen LogP contribution is 2.37. The molecule has 1 aliphatic heterocycles. The van der Waals surface area contributed by atoms with Crippen LogP contribution in [0, 0.1) is 0 Å². The molecule has 0 fully saturated rings. The summed E-state index contributed by atoms with van der Waals surface area (Å²) >= 11 is 0. The van der Waals surface area contributed by atoms with Crippen molar-refractivity contribution in [3.8, 4) is 5.75 Å². The monoisotopic (exact) mass is 263 g/mol. The predicted molar refractivity (Wildman–Crippen MR) is 82.5 cm³/mol. The molecule has 1 heterocycles. The van der Waals surface area contributed by atoms with E-state index in [0.29, 0.717) is 0 Å². The number of rotatable bonds is 3. The van der Waals surface area contributed by atoms with Gasteiger partial charge in [0.1, 0.15) is 11.3 Å². The van der Waals surface area contributed by atoms with Crippen molar-refractivity contribution in [2.24, 2.45) is 4.99 Å². The number of nitrogens with zero attached hydrogens (tertiary/aromatic N) is 1. The van der Waals surface area contributed by atoms with Crippen LogP contribution in [0.1, 0.15) is 18.1 Å². The van der Waals surface area contributed by atoms with Crippen molar-refractivity contribution < 1.29 is 4.74 Å². The molecule has 0 saturated heterocycles. The summed E-state index contributed by atoms with van der Waals surface area (Å²) in [6.45, 7) is 2.11. The highest BCUT2D eigenvalue weighted by atomic mass is 16.5. The standard InChI is InChI=1S/C18H17NO/c1-18(15-10-6-7-11-17(15)20-2)13-12-16(19-18)14-8-4-3-5-9-14/h3-13H,1-2H3. The Morgan fingerprint density at radius 1 is 0.950 bits per heavy atom. The van der Waals surface area contributed by atoms with Crippen LogP contribution in [0.3, 0.4) is 0 Å². The van der Waals surface area contributed by atoms with Gasteiger partial charge in [0.15, 0.2) is 0 Å². The van der Waals surface area contributed by atoms with Gasteiger partial charge in [0.05, 0.1) is 12.8 Å². The van der Waals surface area contributed by atoms with Crippen molar-refractivity contribution in [3.63, 3.8) is 0 Å². The summed E-state index contributed by atoms with van der Waals surface area (Å²) in [6.07, 6.45) is 4.22. The molecule has 100 valence electrons. The number of allylic oxidation sites excluding steroid dienone is 1. The molecular weight excluding hydrogens is 246 g/mol. The van der Waals surface area contributed by atoms with Crippen molar-refractivity contribution in [2.45, 2.75) is 12.5 Å². The molecule has 1 unspecified atom stereocenters. The van der Waals surface area contributed by atoms with Gasteiger partial charge in [-0.2, -0.15) is 0 Å². The predicted octanol–water partition coefficient (Wildman–Crippen LogP) is 3.97. The zero-order valence-electron chi connectivity index (χ0n) is 11.7. The molecule has 20 heavy (non-hydrogen) atoms. The second kappa shape index (κ2) is 4.97. The third-order valence-corrected chi connectivity index (χ3v) is 3.64. The van der Waals surface area contributed by atoms with Crippen LogP contribution in [0.4, 0.5) is 0 Å². The second-order valence-corrected chi connectivity index (χ2v) is 5.04. The van der Waals surface area contributed by atoms with Gasteiger partial charge < -0.3 is 4.74 Å². The highest BCUT2D eigenvalue weighted by Gasteiger charge is 2.30. The summed E-state index contributed by atoms with van der Waals surface area (Å²) in [5.74, 6) is 0.873. The SMILES string of the molecule is COc1ccccc1C1(C)C=CC(c2ccccc2)=N1. The highest BCUT2D eigenvalue weighted by molar-refractivity contribution is 6.10. The fraction of sp³-hybridized carbons (Fsp3) is 0.167. The molecule has 1 aliphatic rings. The lowest BCUT2D eigenvalue weighted by atomic mass is 9.93. The Morgan fingerprint density at radius 2 is 1.65 bits per heavy atom. The van der Waals surface area contributed by atoms with Gasteiger partial charge in [-0.05, 0) is 24.6 Å². The van der Waals surface area contributed by atoms with E-state index in [9.17, 15) is 0 Å².